The lowest BCUT2D eigenvalue weighted by Crippen LogP contribution is -2.14. The Balaban J connectivity index is 1.81. The first kappa shape index (κ1) is 19.6. The number of ether oxygens (including phenoxy) is 1. The minimum atomic E-state index is -0.866. The van der Waals surface area contributed by atoms with Crippen molar-refractivity contribution in [3.63, 3.8) is 0 Å². The Kier molecular flexibility index (Phi) is 5.20. The number of carbonyl (C=O) groups excluding carboxylic acids is 1. The van der Waals surface area contributed by atoms with Crippen LogP contribution < -0.4 is 11.3 Å². The molecule has 1 aromatic carbocycles. The molecule has 2 aromatic heterocycles. The summed E-state index contributed by atoms with van der Waals surface area (Å²) in [6.07, 6.45) is 3.78. The number of hydrogen-bond donors (Lipinski definition) is 2. The van der Waals surface area contributed by atoms with Gasteiger partial charge in [0.2, 0.25) is 5.56 Å². The van der Waals surface area contributed by atoms with E-state index in [1.807, 2.05) is 0 Å². The van der Waals surface area contributed by atoms with Crippen LogP contribution in [0.2, 0.25) is 0 Å². The van der Waals surface area contributed by atoms with Crippen molar-refractivity contribution < 1.29 is 18.3 Å². The Labute approximate surface area is 169 Å². The molecule has 7 nitrogen and oxygen atoms in total. The van der Waals surface area contributed by atoms with Crippen LogP contribution >= 0.6 is 0 Å². The SMILES string of the molecule is Nc1nc(C2=C[C@H](c3ccc(=O)[nH]c3)OCC2)nc(-c2ccc(F)cc2F)c1C=O. The smallest absolute Gasteiger partial charge is 0.247 e. The molecule has 0 fully saturated rings. The number of nitrogens with two attached hydrogens (primary N) is 1. The topological polar surface area (TPSA) is 111 Å². The number of nitrogen functional groups attached to an aromatic ring is 1. The minimum Gasteiger partial charge on any atom is -0.383 e. The molecule has 3 aromatic rings. The van der Waals surface area contributed by atoms with Crippen molar-refractivity contribution in [3.8, 4) is 11.3 Å². The van der Waals surface area contributed by atoms with Crippen molar-refractivity contribution >= 4 is 17.7 Å². The molecule has 3 heterocycles. The van der Waals surface area contributed by atoms with Crippen LogP contribution in [-0.2, 0) is 4.74 Å². The fourth-order valence-electron chi connectivity index (χ4n) is 3.22. The molecule has 4 rings (SSSR count). The zero-order valence-corrected chi connectivity index (χ0v) is 15.6. The number of aromatic amines is 1. The summed E-state index contributed by atoms with van der Waals surface area (Å²) in [4.78, 5) is 34.0. The molecule has 0 unspecified atom stereocenters. The van der Waals surface area contributed by atoms with Crippen LogP contribution in [0.1, 0.15) is 34.3 Å². The third-order valence-electron chi connectivity index (χ3n) is 4.72. The number of rotatable bonds is 4. The number of anilines is 1. The van der Waals surface area contributed by atoms with Crippen molar-refractivity contribution in [1.29, 1.82) is 0 Å². The maximum absolute atomic E-state index is 14.4. The summed E-state index contributed by atoms with van der Waals surface area (Å²) in [6, 6.07) is 6.02. The van der Waals surface area contributed by atoms with Crippen molar-refractivity contribution in [2.45, 2.75) is 12.5 Å². The molecule has 152 valence electrons. The fourth-order valence-corrected chi connectivity index (χ4v) is 3.22. The maximum atomic E-state index is 14.4. The van der Waals surface area contributed by atoms with E-state index < -0.39 is 17.7 Å². The van der Waals surface area contributed by atoms with Crippen LogP contribution in [0.3, 0.4) is 0 Å². The number of carbonyl (C=O) groups is 1. The van der Waals surface area contributed by atoms with E-state index >= 15 is 0 Å². The molecule has 0 spiro atoms. The van der Waals surface area contributed by atoms with Gasteiger partial charge in [-0.1, -0.05) is 0 Å². The number of hydrogen-bond acceptors (Lipinski definition) is 6. The van der Waals surface area contributed by atoms with Crippen LogP contribution in [0.25, 0.3) is 16.8 Å². The first-order chi connectivity index (χ1) is 14.5. The summed E-state index contributed by atoms with van der Waals surface area (Å²) in [5, 5.41) is 0. The van der Waals surface area contributed by atoms with E-state index in [4.69, 9.17) is 10.5 Å². The lowest BCUT2D eigenvalue weighted by molar-refractivity contribution is 0.0823. The molecule has 0 saturated heterocycles. The van der Waals surface area contributed by atoms with Crippen molar-refractivity contribution in [2.24, 2.45) is 0 Å². The number of nitrogens with zero attached hydrogens (tertiary/aromatic N) is 2. The van der Waals surface area contributed by atoms with Crippen molar-refractivity contribution in [3.05, 3.63) is 81.5 Å². The van der Waals surface area contributed by atoms with Crippen molar-refractivity contribution in [1.82, 2.24) is 15.0 Å². The minimum absolute atomic E-state index is 0.0158. The van der Waals surface area contributed by atoms with Crippen LogP contribution in [-0.4, -0.2) is 27.8 Å². The first-order valence-electron chi connectivity index (χ1n) is 9.05. The Morgan fingerprint density at radius 3 is 2.73 bits per heavy atom. The van der Waals surface area contributed by atoms with Gasteiger partial charge in [-0.15, -0.1) is 0 Å². The number of benzene rings is 1. The zero-order chi connectivity index (χ0) is 21.3. The number of pyridine rings is 1. The standard InChI is InChI=1S/C21H16F2N4O3/c22-13-2-3-14(16(23)8-13)19-15(10-28)20(24)27-21(26-19)11-5-6-30-17(7-11)12-1-4-18(29)25-9-12/h1-4,7-10,17H,5-6H2,(H,25,29)(H2,24,26,27)/t17-/m1/s1. The van der Waals surface area contributed by atoms with Gasteiger partial charge in [-0.05, 0) is 36.3 Å². The molecule has 0 radical (unpaired) electrons. The van der Waals surface area contributed by atoms with E-state index in [1.54, 1.807) is 18.3 Å². The Hall–Kier alpha value is -3.72. The second-order valence-electron chi connectivity index (χ2n) is 6.66. The van der Waals surface area contributed by atoms with Gasteiger partial charge in [0.1, 0.15) is 23.6 Å². The number of aromatic nitrogens is 3. The largest absolute Gasteiger partial charge is 0.383 e. The normalized spacial score (nSPS) is 16.2. The average molecular weight is 410 g/mol. The lowest BCUT2D eigenvalue weighted by atomic mass is 10.0. The lowest BCUT2D eigenvalue weighted by Gasteiger charge is -2.22. The highest BCUT2D eigenvalue weighted by atomic mass is 19.1. The third-order valence-corrected chi connectivity index (χ3v) is 4.72. The maximum Gasteiger partial charge on any atom is 0.247 e. The molecule has 1 aliphatic rings. The molecule has 9 heteroatoms. The third kappa shape index (κ3) is 3.74. The van der Waals surface area contributed by atoms with Gasteiger partial charge >= 0.3 is 0 Å². The number of H-pyrrole nitrogens is 1. The molecular formula is C21H16F2N4O3. The van der Waals surface area contributed by atoms with Crippen LogP contribution in [0.5, 0.6) is 0 Å². The fraction of sp³-hybridized carbons (Fsp3) is 0.143. The summed E-state index contributed by atoms with van der Waals surface area (Å²) >= 11 is 0. The number of aldehydes is 1. The number of nitrogens with one attached hydrogen (secondary N) is 1. The predicted molar refractivity (Wildman–Crippen MR) is 106 cm³/mol. The van der Waals surface area contributed by atoms with E-state index in [0.29, 0.717) is 31.0 Å². The van der Waals surface area contributed by atoms with Crippen LogP contribution in [0.15, 0.2) is 47.4 Å². The van der Waals surface area contributed by atoms with Crippen LogP contribution in [0.4, 0.5) is 14.6 Å². The van der Waals surface area contributed by atoms with Gasteiger partial charge in [-0.3, -0.25) is 9.59 Å². The molecular weight excluding hydrogens is 394 g/mol. The van der Waals surface area contributed by atoms with Gasteiger partial charge in [0.05, 0.1) is 17.9 Å². The second-order valence-corrected chi connectivity index (χ2v) is 6.66. The monoisotopic (exact) mass is 410 g/mol. The molecule has 0 aliphatic carbocycles. The highest BCUT2D eigenvalue weighted by molar-refractivity contribution is 5.91. The molecule has 0 bridgehead atoms. The average Bonchev–Trinajstić information content (AvgIpc) is 2.74. The van der Waals surface area contributed by atoms with Crippen LogP contribution in [0, 0.1) is 11.6 Å². The summed E-state index contributed by atoms with van der Waals surface area (Å²) in [5.41, 5.74) is 6.98. The first-order valence-corrected chi connectivity index (χ1v) is 9.05. The molecule has 0 saturated carbocycles. The van der Waals surface area contributed by atoms with Gasteiger partial charge in [0.25, 0.3) is 0 Å². The second kappa shape index (κ2) is 7.96. The molecule has 30 heavy (non-hydrogen) atoms. The van der Waals surface area contributed by atoms with Gasteiger partial charge in [-0.25, -0.2) is 18.7 Å². The Bertz CT molecular complexity index is 1200. The van der Waals surface area contributed by atoms with E-state index in [0.717, 1.165) is 11.6 Å². The van der Waals surface area contributed by atoms with E-state index in [2.05, 4.69) is 15.0 Å². The molecule has 1 aliphatic heterocycles. The molecule has 3 N–H and O–H groups in total. The van der Waals surface area contributed by atoms with E-state index in [9.17, 15) is 18.4 Å². The summed E-state index contributed by atoms with van der Waals surface area (Å²) in [5.74, 6) is -1.51. The highest BCUT2D eigenvalue weighted by Gasteiger charge is 2.22. The van der Waals surface area contributed by atoms with Crippen molar-refractivity contribution in [2.75, 3.05) is 12.3 Å². The van der Waals surface area contributed by atoms with E-state index in [-0.39, 0.29) is 34.0 Å². The van der Waals surface area contributed by atoms with E-state index in [1.165, 1.54) is 12.1 Å². The Morgan fingerprint density at radius 2 is 2.03 bits per heavy atom. The summed E-state index contributed by atoms with van der Waals surface area (Å²) in [7, 11) is 0. The van der Waals surface area contributed by atoms with Gasteiger partial charge in [0.15, 0.2) is 12.1 Å². The highest BCUT2D eigenvalue weighted by Crippen LogP contribution is 2.33. The summed E-state index contributed by atoms with van der Waals surface area (Å²) < 4.78 is 33.4. The zero-order valence-electron chi connectivity index (χ0n) is 15.6. The molecule has 0 amide bonds. The van der Waals surface area contributed by atoms with Gasteiger partial charge in [0, 0.05) is 29.5 Å². The Morgan fingerprint density at radius 1 is 1.20 bits per heavy atom. The quantitative estimate of drug-likeness (QED) is 0.640. The number of halogens is 2. The van der Waals surface area contributed by atoms with Gasteiger partial charge < -0.3 is 15.5 Å². The van der Waals surface area contributed by atoms with Gasteiger partial charge in [-0.2, -0.15) is 0 Å². The summed E-state index contributed by atoms with van der Waals surface area (Å²) in [6.45, 7) is 0.356. The predicted octanol–water partition coefficient (Wildman–Crippen LogP) is 3.05. The molecule has 1 atom stereocenters.